The first-order valence-electron chi connectivity index (χ1n) is 9.41. The van der Waals surface area contributed by atoms with Crippen LogP contribution in [0.5, 0.6) is 0 Å². The Bertz CT molecular complexity index is 1030. The minimum atomic E-state index is -0.954. The molecule has 0 amide bonds. The lowest BCUT2D eigenvalue weighted by Gasteiger charge is -2.25. The number of carbonyl (C=O) groups excluding carboxylic acids is 1. The number of carboxylic acid groups (broad SMARTS) is 1. The van der Waals surface area contributed by atoms with Gasteiger partial charge in [0.15, 0.2) is 5.78 Å². The predicted octanol–water partition coefficient (Wildman–Crippen LogP) is 5.11. The van der Waals surface area contributed by atoms with E-state index in [0.717, 1.165) is 29.7 Å². The number of rotatable bonds is 4. The summed E-state index contributed by atoms with van der Waals surface area (Å²) in [7, 11) is 0. The van der Waals surface area contributed by atoms with Crippen LogP contribution in [0.15, 0.2) is 42.5 Å². The van der Waals surface area contributed by atoms with Crippen LogP contribution >= 0.6 is 0 Å². The zero-order chi connectivity index (χ0) is 19.0. The molecule has 0 bridgehead atoms. The molecule has 1 heterocycles. The van der Waals surface area contributed by atoms with Gasteiger partial charge in [-0.05, 0) is 44.0 Å². The van der Waals surface area contributed by atoms with E-state index in [2.05, 4.69) is 4.57 Å². The van der Waals surface area contributed by atoms with E-state index in [4.69, 9.17) is 4.98 Å². The number of imidazole rings is 1. The second-order valence-electron chi connectivity index (χ2n) is 7.24. The van der Waals surface area contributed by atoms with E-state index in [1.54, 1.807) is 19.1 Å². The number of carboxylic acids is 1. The molecule has 1 aliphatic rings. The van der Waals surface area contributed by atoms with Crippen LogP contribution in [-0.4, -0.2) is 26.4 Å². The fraction of sp³-hybridized carbons (Fsp3) is 0.318. The van der Waals surface area contributed by atoms with E-state index in [-0.39, 0.29) is 11.3 Å². The highest BCUT2D eigenvalue weighted by Crippen LogP contribution is 2.36. The first kappa shape index (κ1) is 17.5. The summed E-state index contributed by atoms with van der Waals surface area (Å²) in [6, 6.07) is 13.0. The molecule has 4 rings (SSSR count). The fourth-order valence-electron chi connectivity index (χ4n) is 4.02. The van der Waals surface area contributed by atoms with Gasteiger partial charge >= 0.3 is 5.97 Å². The molecular formula is C22H22N2O3. The first-order valence-corrected chi connectivity index (χ1v) is 9.41. The van der Waals surface area contributed by atoms with Crippen molar-refractivity contribution in [1.29, 1.82) is 0 Å². The average molecular weight is 362 g/mol. The monoisotopic (exact) mass is 362 g/mol. The van der Waals surface area contributed by atoms with E-state index >= 15 is 0 Å². The van der Waals surface area contributed by atoms with E-state index in [0.29, 0.717) is 17.1 Å². The molecule has 5 heteroatoms. The van der Waals surface area contributed by atoms with E-state index in [9.17, 15) is 14.7 Å². The van der Waals surface area contributed by atoms with Gasteiger partial charge in [0.25, 0.3) is 0 Å². The summed E-state index contributed by atoms with van der Waals surface area (Å²) in [6.45, 7) is 1.56. The summed E-state index contributed by atoms with van der Waals surface area (Å²) in [5.74, 6) is -0.128. The van der Waals surface area contributed by atoms with Crippen molar-refractivity contribution < 1.29 is 14.7 Å². The molecular weight excluding hydrogens is 340 g/mol. The highest BCUT2D eigenvalue weighted by molar-refractivity contribution is 5.96. The second kappa shape index (κ2) is 6.99. The summed E-state index contributed by atoms with van der Waals surface area (Å²) in [5, 5.41) is 9.31. The summed E-state index contributed by atoms with van der Waals surface area (Å²) >= 11 is 0. The summed E-state index contributed by atoms with van der Waals surface area (Å²) in [5.41, 5.74) is 3.42. The molecule has 1 aromatic heterocycles. The second-order valence-corrected chi connectivity index (χ2v) is 7.24. The van der Waals surface area contributed by atoms with Gasteiger partial charge in [0, 0.05) is 17.2 Å². The molecule has 5 nitrogen and oxygen atoms in total. The van der Waals surface area contributed by atoms with Crippen LogP contribution in [0.3, 0.4) is 0 Å². The Balaban J connectivity index is 1.93. The largest absolute Gasteiger partial charge is 0.478 e. The lowest BCUT2D eigenvalue weighted by atomic mass is 9.94. The quantitative estimate of drug-likeness (QED) is 0.655. The maximum atomic E-state index is 11.8. The minimum Gasteiger partial charge on any atom is -0.478 e. The number of benzene rings is 2. The fourth-order valence-corrected chi connectivity index (χ4v) is 4.02. The number of Topliss-reactive ketones (excluding diaryl/α,β-unsaturated/α-hetero) is 1. The third-order valence-electron chi connectivity index (χ3n) is 5.40. The Morgan fingerprint density at radius 3 is 2.52 bits per heavy atom. The van der Waals surface area contributed by atoms with Gasteiger partial charge in [-0.15, -0.1) is 0 Å². The Hall–Kier alpha value is -2.95. The average Bonchev–Trinajstić information content (AvgIpc) is 3.07. The number of hydrogen-bond donors (Lipinski definition) is 1. The van der Waals surface area contributed by atoms with Gasteiger partial charge < -0.3 is 9.67 Å². The maximum absolute atomic E-state index is 11.8. The summed E-state index contributed by atoms with van der Waals surface area (Å²) in [4.78, 5) is 28.0. The molecule has 1 N–H and O–H groups in total. The third kappa shape index (κ3) is 3.25. The molecule has 1 aliphatic carbocycles. The molecule has 138 valence electrons. The predicted molar refractivity (Wildman–Crippen MR) is 104 cm³/mol. The van der Waals surface area contributed by atoms with E-state index in [1.165, 1.54) is 19.3 Å². The van der Waals surface area contributed by atoms with E-state index in [1.807, 2.05) is 30.3 Å². The molecule has 27 heavy (non-hydrogen) atoms. The molecule has 2 aromatic carbocycles. The van der Waals surface area contributed by atoms with Gasteiger partial charge in [-0.2, -0.15) is 0 Å². The van der Waals surface area contributed by atoms with Gasteiger partial charge in [-0.1, -0.05) is 37.5 Å². The van der Waals surface area contributed by atoms with Crippen LogP contribution in [0.2, 0.25) is 0 Å². The Kier molecular flexibility index (Phi) is 4.52. The third-order valence-corrected chi connectivity index (χ3v) is 5.40. The van der Waals surface area contributed by atoms with Crippen molar-refractivity contribution in [2.45, 2.75) is 45.1 Å². The Labute approximate surface area is 157 Å². The number of aromatic nitrogens is 2. The van der Waals surface area contributed by atoms with Crippen molar-refractivity contribution in [3.63, 3.8) is 0 Å². The highest BCUT2D eigenvalue weighted by atomic mass is 16.4. The van der Waals surface area contributed by atoms with E-state index < -0.39 is 5.97 Å². The molecule has 3 aromatic rings. The van der Waals surface area contributed by atoms with Crippen molar-refractivity contribution in [3.05, 3.63) is 53.6 Å². The van der Waals surface area contributed by atoms with Crippen LogP contribution in [0.4, 0.5) is 0 Å². The van der Waals surface area contributed by atoms with Crippen molar-refractivity contribution in [3.8, 4) is 11.4 Å². The maximum Gasteiger partial charge on any atom is 0.335 e. The van der Waals surface area contributed by atoms with Crippen LogP contribution < -0.4 is 0 Å². The van der Waals surface area contributed by atoms with Gasteiger partial charge in [0.05, 0.1) is 16.6 Å². The van der Waals surface area contributed by atoms with Crippen LogP contribution in [0.1, 0.15) is 65.8 Å². The molecule has 0 unspecified atom stereocenters. The number of nitrogens with zero attached hydrogens (tertiary/aromatic N) is 2. The number of aromatic carboxylic acids is 1. The summed E-state index contributed by atoms with van der Waals surface area (Å²) in [6.07, 6.45) is 5.80. The standard InChI is InChI=1S/C22H22N2O3/c1-14(25)15-6-5-7-16(12-15)21-23-19-13-17(22(26)27)10-11-20(19)24(21)18-8-3-2-4-9-18/h5-7,10-13,18H,2-4,8-9H2,1H3,(H,26,27). The van der Waals surface area contributed by atoms with Crippen molar-refractivity contribution in [2.75, 3.05) is 0 Å². The zero-order valence-electron chi connectivity index (χ0n) is 15.3. The number of ketones is 1. The minimum absolute atomic E-state index is 0.0188. The van der Waals surface area contributed by atoms with Gasteiger partial charge in [0.1, 0.15) is 5.82 Å². The number of carbonyl (C=O) groups is 2. The van der Waals surface area contributed by atoms with Gasteiger partial charge in [-0.3, -0.25) is 4.79 Å². The Morgan fingerprint density at radius 2 is 1.81 bits per heavy atom. The molecule has 0 spiro atoms. The van der Waals surface area contributed by atoms with Crippen molar-refractivity contribution >= 4 is 22.8 Å². The summed E-state index contributed by atoms with van der Waals surface area (Å²) < 4.78 is 2.25. The molecule has 0 radical (unpaired) electrons. The molecule has 0 saturated heterocycles. The van der Waals surface area contributed by atoms with Crippen molar-refractivity contribution in [2.24, 2.45) is 0 Å². The lowest BCUT2D eigenvalue weighted by molar-refractivity contribution is 0.0696. The lowest BCUT2D eigenvalue weighted by Crippen LogP contribution is -2.14. The zero-order valence-corrected chi connectivity index (χ0v) is 15.3. The topological polar surface area (TPSA) is 72.2 Å². The van der Waals surface area contributed by atoms with Crippen LogP contribution in [-0.2, 0) is 0 Å². The van der Waals surface area contributed by atoms with Crippen LogP contribution in [0, 0.1) is 0 Å². The van der Waals surface area contributed by atoms with Gasteiger partial charge in [0.2, 0.25) is 0 Å². The number of hydrogen-bond acceptors (Lipinski definition) is 3. The van der Waals surface area contributed by atoms with Gasteiger partial charge in [-0.25, -0.2) is 9.78 Å². The number of fused-ring (bicyclic) bond motifs is 1. The SMILES string of the molecule is CC(=O)c1cccc(-c2nc3cc(C(=O)O)ccc3n2C2CCCCC2)c1. The molecule has 1 fully saturated rings. The molecule has 0 atom stereocenters. The molecule has 0 aliphatic heterocycles. The normalized spacial score (nSPS) is 15.1. The highest BCUT2D eigenvalue weighted by Gasteiger charge is 2.23. The Morgan fingerprint density at radius 1 is 1.04 bits per heavy atom. The van der Waals surface area contributed by atoms with Crippen LogP contribution in [0.25, 0.3) is 22.4 Å². The first-order chi connectivity index (χ1) is 13.0. The van der Waals surface area contributed by atoms with Crippen molar-refractivity contribution in [1.82, 2.24) is 9.55 Å². The smallest absolute Gasteiger partial charge is 0.335 e. The molecule has 1 saturated carbocycles.